The molecule has 0 radical (unpaired) electrons. The molecule has 0 aliphatic carbocycles. The van der Waals surface area contributed by atoms with E-state index in [2.05, 4.69) is 5.10 Å². The van der Waals surface area contributed by atoms with Crippen molar-refractivity contribution >= 4 is 11.6 Å². The van der Waals surface area contributed by atoms with Gasteiger partial charge in [-0.15, -0.1) is 0 Å². The van der Waals surface area contributed by atoms with E-state index in [1.54, 1.807) is 0 Å². The van der Waals surface area contributed by atoms with E-state index < -0.39 is 36.6 Å². The van der Waals surface area contributed by atoms with Gasteiger partial charge in [0, 0.05) is 12.0 Å². The quantitative estimate of drug-likeness (QED) is 0.837. The number of hydrogen-bond donors (Lipinski definition) is 2. The highest BCUT2D eigenvalue weighted by Gasteiger charge is 2.53. The van der Waals surface area contributed by atoms with Crippen molar-refractivity contribution in [2.45, 2.75) is 25.0 Å². The largest absolute Gasteiger partial charge is 0.508 e. The first-order valence-corrected chi connectivity index (χ1v) is 5.75. The molecule has 114 valence electrons. The zero-order valence-electron chi connectivity index (χ0n) is 10.4. The van der Waals surface area contributed by atoms with Crippen molar-refractivity contribution < 1.29 is 32.6 Å². The van der Waals surface area contributed by atoms with Crippen LogP contribution in [0, 0.1) is 0 Å². The lowest BCUT2D eigenvalue weighted by Crippen LogP contribution is -2.51. The maximum absolute atomic E-state index is 12.9. The van der Waals surface area contributed by atoms with Crippen LogP contribution in [0.3, 0.4) is 0 Å². The molecule has 0 aromatic heterocycles. The van der Waals surface area contributed by atoms with Gasteiger partial charge in [-0.25, -0.2) is 17.6 Å². The summed E-state index contributed by atoms with van der Waals surface area (Å²) in [5.74, 6) is -1.35. The number of hydrazone groups is 1. The predicted octanol–water partition coefficient (Wildman–Crippen LogP) is 1.81. The summed E-state index contributed by atoms with van der Waals surface area (Å²) in [7, 11) is 0. The minimum Gasteiger partial charge on any atom is -0.508 e. The molecule has 1 aromatic carbocycles. The van der Waals surface area contributed by atoms with Gasteiger partial charge in [0.1, 0.15) is 11.5 Å². The van der Waals surface area contributed by atoms with Gasteiger partial charge in [-0.05, 0) is 24.3 Å². The second-order valence-corrected chi connectivity index (χ2v) is 4.41. The highest BCUT2D eigenvalue weighted by atomic mass is 19.3. The number of phenols is 1. The highest BCUT2D eigenvalue weighted by molar-refractivity contribution is 5.99. The summed E-state index contributed by atoms with van der Waals surface area (Å²) >= 11 is 0. The number of nitrogens with zero attached hydrogens (tertiary/aromatic N) is 2. The topological polar surface area (TPSA) is 73.1 Å². The first-order valence-electron chi connectivity index (χ1n) is 5.75. The molecule has 0 saturated heterocycles. The Morgan fingerprint density at radius 3 is 2.29 bits per heavy atom. The molecule has 1 amide bonds. The summed E-state index contributed by atoms with van der Waals surface area (Å²) in [5.41, 5.74) is -4.29. The molecule has 9 heteroatoms. The predicted molar refractivity (Wildman–Crippen MR) is 63.3 cm³/mol. The van der Waals surface area contributed by atoms with Crippen molar-refractivity contribution in [1.82, 2.24) is 5.01 Å². The number of carbonyl (C=O) groups excluding carboxylic acids is 1. The molecule has 1 atom stereocenters. The lowest BCUT2D eigenvalue weighted by molar-refractivity contribution is -0.164. The summed E-state index contributed by atoms with van der Waals surface area (Å²) < 4.78 is 51.1. The maximum atomic E-state index is 12.9. The Balaban J connectivity index is 2.38. The third-order valence-corrected chi connectivity index (χ3v) is 2.94. The number of aromatic hydroxyl groups is 1. The average Bonchev–Trinajstić information content (AvgIpc) is 2.78. The van der Waals surface area contributed by atoms with Crippen molar-refractivity contribution in [2.75, 3.05) is 0 Å². The zero-order valence-corrected chi connectivity index (χ0v) is 10.4. The van der Waals surface area contributed by atoms with Gasteiger partial charge in [0.25, 0.3) is 18.8 Å². The molecule has 1 aliphatic heterocycles. The summed E-state index contributed by atoms with van der Waals surface area (Å²) in [6, 6.07) is 4.42. The highest BCUT2D eigenvalue weighted by Crippen LogP contribution is 2.34. The molecule has 5 nitrogen and oxygen atoms in total. The Labute approximate surface area is 116 Å². The number of benzene rings is 1. The Kier molecular flexibility index (Phi) is 3.86. The van der Waals surface area contributed by atoms with E-state index in [4.69, 9.17) is 5.11 Å². The number of alkyl halides is 4. The minimum atomic E-state index is -3.47. The Bertz CT molecular complexity index is 576. The number of carbonyl (C=O) groups is 1. The normalized spacial score (nSPS) is 22.0. The van der Waals surface area contributed by atoms with Crippen LogP contribution in [0.5, 0.6) is 5.75 Å². The number of halogens is 4. The lowest BCUT2D eigenvalue weighted by Gasteiger charge is -2.29. The van der Waals surface area contributed by atoms with Crippen LogP contribution in [-0.2, 0) is 0 Å². The van der Waals surface area contributed by atoms with Gasteiger partial charge in [-0.3, -0.25) is 4.79 Å². The number of amides is 1. The van der Waals surface area contributed by atoms with E-state index in [-0.39, 0.29) is 16.3 Å². The number of phenolic OH excluding ortho intramolecular Hbond substituents is 1. The molecule has 0 spiro atoms. The number of aliphatic hydroxyl groups is 1. The van der Waals surface area contributed by atoms with E-state index >= 15 is 0 Å². The molecule has 2 N–H and O–H groups in total. The van der Waals surface area contributed by atoms with Gasteiger partial charge >= 0.3 is 0 Å². The molecule has 1 aromatic rings. The van der Waals surface area contributed by atoms with E-state index in [0.29, 0.717) is 0 Å². The first-order chi connectivity index (χ1) is 9.75. The third-order valence-electron chi connectivity index (χ3n) is 2.94. The minimum absolute atomic E-state index is 0.0362. The summed E-state index contributed by atoms with van der Waals surface area (Å²) in [6.45, 7) is 0. The molecule has 0 bridgehead atoms. The molecule has 0 saturated carbocycles. The Morgan fingerprint density at radius 1 is 1.24 bits per heavy atom. The van der Waals surface area contributed by atoms with Crippen LogP contribution in [0.2, 0.25) is 0 Å². The van der Waals surface area contributed by atoms with Gasteiger partial charge in [0.05, 0.1) is 0 Å². The fraction of sp³-hybridized carbons (Fsp3) is 0.333. The molecular formula is C12H10F4N2O3. The summed E-state index contributed by atoms with van der Waals surface area (Å²) in [4.78, 5) is 12.0. The standard InChI is InChI=1S/C12H10F4N2O3/c13-9(14)8-5-12(21,11(15)16)18(17-8)10(20)6-1-3-7(19)4-2-6/h1-4,9,11,19,21H,5H2/t12-/m0/s1. The molecular weight excluding hydrogens is 296 g/mol. The number of hydrogen-bond acceptors (Lipinski definition) is 4. The molecule has 0 fully saturated rings. The molecule has 0 unspecified atom stereocenters. The van der Waals surface area contributed by atoms with E-state index in [1.165, 1.54) is 0 Å². The van der Waals surface area contributed by atoms with Crippen LogP contribution in [0.15, 0.2) is 29.4 Å². The smallest absolute Gasteiger partial charge is 0.287 e. The van der Waals surface area contributed by atoms with Crippen LogP contribution in [0.25, 0.3) is 0 Å². The van der Waals surface area contributed by atoms with Gasteiger partial charge in [0.15, 0.2) is 0 Å². The van der Waals surface area contributed by atoms with E-state index in [0.717, 1.165) is 24.3 Å². The van der Waals surface area contributed by atoms with Crippen LogP contribution in [0.4, 0.5) is 17.6 Å². The van der Waals surface area contributed by atoms with E-state index in [9.17, 15) is 27.5 Å². The Morgan fingerprint density at radius 2 is 1.81 bits per heavy atom. The van der Waals surface area contributed by atoms with Gasteiger partial charge in [0.2, 0.25) is 5.72 Å². The summed E-state index contributed by atoms with van der Waals surface area (Å²) in [5, 5.41) is 22.0. The Hall–Kier alpha value is -2.16. The van der Waals surface area contributed by atoms with Crippen LogP contribution in [0.1, 0.15) is 16.8 Å². The van der Waals surface area contributed by atoms with Crippen LogP contribution >= 0.6 is 0 Å². The zero-order chi connectivity index (χ0) is 15.8. The second kappa shape index (κ2) is 5.32. The van der Waals surface area contributed by atoms with Gasteiger partial charge in [-0.2, -0.15) is 10.1 Å². The first kappa shape index (κ1) is 15.2. The van der Waals surface area contributed by atoms with Gasteiger partial charge < -0.3 is 10.2 Å². The molecule has 1 heterocycles. The fourth-order valence-corrected chi connectivity index (χ4v) is 1.83. The SMILES string of the molecule is O=C(c1ccc(O)cc1)N1N=C(C(F)F)C[C@]1(O)C(F)F. The van der Waals surface area contributed by atoms with Crippen molar-refractivity contribution in [3.63, 3.8) is 0 Å². The summed E-state index contributed by atoms with van der Waals surface area (Å²) in [6.07, 6.45) is -7.77. The number of rotatable bonds is 3. The van der Waals surface area contributed by atoms with Crippen molar-refractivity contribution in [3.8, 4) is 5.75 Å². The van der Waals surface area contributed by atoms with Crippen molar-refractivity contribution in [3.05, 3.63) is 29.8 Å². The maximum Gasteiger partial charge on any atom is 0.287 e. The molecule has 1 aliphatic rings. The lowest BCUT2D eigenvalue weighted by atomic mass is 10.1. The van der Waals surface area contributed by atoms with Crippen LogP contribution < -0.4 is 0 Å². The van der Waals surface area contributed by atoms with E-state index in [1.807, 2.05) is 0 Å². The fourth-order valence-electron chi connectivity index (χ4n) is 1.83. The van der Waals surface area contributed by atoms with Crippen LogP contribution in [-0.4, -0.2) is 45.4 Å². The average molecular weight is 306 g/mol. The molecule has 21 heavy (non-hydrogen) atoms. The van der Waals surface area contributed by atoms with Crippen molar-refractivity contribution in [1.29, 1.82) is 0 Å². The monoisotopic (exact) mass is 306 g/mol. The second-order valence-electron chi connectivity index (χ2n) is 4.41. The molecule has 2 rings (SSSR count). The van der Waals surface area contributed by atoms with Crippen molar-refractivity contribution in [2.24, 2.45) is 5.10 Å². The van der Waals surface area contributed by atoms with Gasteiger partial charge in [-0.1, -0.05) is 0 Å². The third kappa shape index (κ3) is 2.68.